The van der Waals surface area contributed by atoms with Crippen molar-refractivity contribution in [3.63, 3.8) is 0 Å². The predicted octanol–water partition coefficient (Wildman–Crippen LogP) is 1.09. The summed E-state index contributed by atoms with van der Waals surface area (Å²) >= 11 is 0. The van der Waals surface area contributed by atoms with Gasteiger partial charge in [-0.1, -0.05) is 35.5 Å². The Bertz CT molecular complexity index is 742. The van der Waals surface area contributed by atoms with Crippen molar-refractivity contribution >= 4 is 10.2 Å². The molecule has 0 aliphatic carbocycles. The molecule has 3 rings (SSSR count). The summed E-state index contributed by atoms with van der Waals surface area (Å²) < 4.78 is 39.4. The maximum atomic E-state index is 11.9. The summed E-state index contributed by atoms with van der Waals surface area (Å²) in [5.74, 6) is 0.929. The largest absolute Gasteiger partial charge is 0.368 e. The molecule has 0 radical (unpaired) electrons. The highest BCUT2D eigenvalue weighted by Gasteiger charge is 2.23. The highest BCUT2D eigenvalue weighted by molar-refractivity contribution is 7.87. The Morgan fingerprint density at radius 1 is 1.21 bits per heavy atom. The molecule has 0 spiro atoms. The van der Waals surface area contributed by atoms with Gasteiger partial charge in [0.05, 0.1) is 0 Å². The molecule has 8 nitrogen and oxygen atoms in total. The van der Waals surface area contributed by atoms with E-state index >= 15 is 0 Å². The SMILES string of the molecule is O=S(=O)(NCCc1noc([C@@H]2CCCO2)n1)NCc1ccccc1. The van der Waals surface area contributed by atoms with Gasteiger partial charge in [0.25, 0.3) is 16.1 Å². The molecule has 1 aromatic heterocycles. The molecule has 2 heterocycles. The Balaban J connectivity index is 1.43. The van der Waals surface area contributed by atoms with Crippen LogP contribution < -0.4 is 9.44 Å². The summed E-state index contributed by atoms with van der Waals surface area (Å²) in [6, 6.07) is 9.31. The summed E-state index contributed by atoms with van der Waals surface area (Å²) in [4.78, 5) is 4.25. The molecule has 1 saturated heterocycles. The molecule has 130 valence electrons. The molecule has 9 heteroatoms. The molecule has 1 aliphatic rings. The fourth-order valence-corrected chi connectivity index (χ4v) is 3.22. The third kappa shape index (κ3) is 4.84. The molecular weight excluding hydrogens is 332 g/mol. The second kappa shape index (κ2) is 7.84. The van der Waals surface area contributed by atoms with Crippen molar-refractivity contribution in [2.75, 3.05) is 13.2 Å². The van der Waals surface area contributed by atoms with Crippen LogP contribution in [0.2, 0.25) is 0 Å². The Morgan fingerprint density at radius 2 is 2.04 bits per heavy atom. The summed E-state index contributed by atoms with van der Waals surface area (Å²) in [6.45, 7) is 1.13. The second-order valence-corrected chi connectivity index (χ2v) is 7.09. The van der Waals surface area contributed by atoms with E-state index in [-0.39, 0.29) is 19.2 Å². The fourth-order valence-electron chi connectivity index (χ4n) is 2.39. The van der Waals surface area contributed by atoms with E-state index in [2.05, 4.69) is 19.6 Å². The third-order valence-electron chi connectivity index (χ3n) is 3.64. The lowest BCUT2D eigenvalue weighted by atomic mass is 10.2. The van der Waals surface area contributed by atoms with Crippen LogP contribution in [0.3, 0.4) is 0 Å². The molecule has 24 heavy (non-hydrogen) atoms. The van der Waals surface area contributed by atoms with E-state index in [4.69, 9.17) is 9.26 Å². The average molecular weight is 352 g/mol. The van der Waals surface area contributed by atoms with Crippen molar-refractivity contribution in [1.82, 2.24) is 19.6 Å². The van der Waals surface area contributed by atoms with Crippen LogP contribution in [0.1, 0.15) is 36.2 Å². The van der Waals surface area contributed by atoms with E-state index in [9.17, 15) is 8.42 Å². The van der Waals surface area contributed by atoms with Gasteiger partial charge >= 0.3 is 0 Å². The number of hydrogen-bond acceptors (Lipinski definition) is 6. The van der Waals surface area contributed by atoms with Crippen molar-refractivity contribution < 1.29 is 17.7 Å². The normalized spacial score (nSPS) is 18.1. The van der Waals surface area contributed by atoms with E-state index in [1.54, 1.807) is 0 Å². The van der Waals surface area contributed by atoms with Crippen LogP contribution in [0.15, 0.2) is 34.9 Å². The molecule has 0 bridgehead atoms. The third-order valence-corrected chi connectivity index (χ3v) is 4.75. The first kappa shape index (κ1) is 17.0. The molecule has 2 aromatic rings. The quantitative estimate of drug-likeness (QED) is 0.736. The minimum atomic E-state index is -3.57. The van der Waals surface area contributed by atoms with Crippen molar-refractivity contribution in [3.8, 4) is 0 Å². The fraction of sp³-hybridized carbons (Fsp3) is 0.467. The maximum Gasteiger partial charge on any atom is 0.277 e. The maximum absolute atomic E-state index is 11.9. The zero-order valence-corrected chi connectivity index (χ0v) is 14.0. The van der Waals surface area contributed by atoms with Gasteiger partial charge in [0.15, 0.2) is 5.82 Å². The topological polar surface area (TPSA) is 106 Å². The van der Waals surface area contributed by atoms with Gasteiger partial charge in [-0.3, -0.25) is 0 Å². The number of rotatable bonds is 8. The molecule has 0 amide bonds. The lowest BCUT2D eigenvalue weighted by Gasteiger charge is -2.07. The van der Waals surface area contributed by atoms with Crippen LogP contribution in [0, 0.1) is 0 Å². The first-order valence-corrected chi connectivity index (χ1v) is 9.33. The van der Waals surface area contributed by atoms with E-state index in [1.807, 2.05) is 30.3 Å². The summed E-state index contributed by atoms with van der Waals surface area (Å²) in [6.07, 6.45) is 2.07. The van der Waals surface area contributed by atoms with Crippen LogP contribution in [0.5, 0.6) is 0 Å². The number of nitrogens with zero attached hydrogens (tertiary/aromatic N) is 2. The molecule has 0 saturated carbocycles. The van der Waals surface area contributed by atoms with E-state index in [0.717, 1.165) is 18.4 Å². The van der Waals surface area contributed by atoms with Crippen LogP contribution in [0.4, 0.5) is 0 Å². The lowest BCUT2D eigenvalue weighted by Crippen LogP contribution is -2.37. The van der Waals surface area contributed by atoms with Crippen LogP contribution in [-0.2, 0) is 27.9 Å². The van der Waals surface area contributed by atoms with Crippen LogP contribution >= 0.6 is 0 Å². The molecule has 1 atom stereocenters. The van der Waals surface area contributed by atoms with Gasteiger partial charge in [0.1, 0.15) is 6.10 Å². The van der Waals surface area contributed by atoms with Crippen molar-refractivity contribution in [2.24, 2.45) is 0 Å². The Kier molecular flexibility index (Phi) is 5.56. The smallest absolute Gasteiger partial charge is 0.277 e. The van der Waals surface area contributed by atoms with E-state index in [0.29, 0.717) is 24.7 Å². The zero-order chi connectivity index (χ0) is 16.8. The predicted molar refractivity (Wildman–Crippen MR) is 86.1 cm³/mol. The molecule has 1 fully saturated rings. The second-order valence-electron chi connectivity index (χ2n) is 5.50. The first-order chi connectivity index (χ1) is 11.6. The number of benzene rings is 1. The lowest BCUT2D eigenvalue weighted by molar-refractivity contribution is 0.0835. The summed E-state index contributed by atoms with van der Waals surface area (Å²) in [5.41, 5.74) is 0.891. The highest BCUT2D eigenvalue weighted by atomic mass is 32.2. The van der Waals surface area contributed by atoms with Crippen molar-refractivity contribution in [3.05, 3.63) is 47.6 Å². The molecule has 2 N–H and O–H groups in total. The summed E-state index contributed by atoms with van der Waals surface area (Å²) in [5, 5.41) is 3.85. The molecule has 0 unspecified atom stereocenters. The van der Waals surface area contributed by atoms with Gasteiger partial charge < -0.3 is 9.26 Å². The Morgan fingerprint density at radius 3 is 2.79 bits per heavy atom. The van der Waals surface area contributed by atoms with Gasteiger partial charge in [-0.15, -0.1) is 0 Å². The molecule has 1 aliphatic heterocycles. The summed E-state index contributed by atoms with van der Waals surface area (Å²) in [7, 11) is -3.57. The highest BCUT2D eigenvalue weighted by Crippen LogP contribution is 2.26. The first-order valence-electron chi connectivity index (χ1n) is 7.85. The minimum absolute atomic E-state index is 0.129. The minimum Gasteiger partial charge on any atom is -0.368 e. The molecule has 1 aromatic carbocycles. The van der Waals surface area contributed by atoms with E-state index in [1.165, 1.54) is 0 Å². The van der Waals surface area contributed by atoms with Gasteiger partial charge in [-0.2, -0.15) is 18.1 Å². The number of aromatic nitrogens is 2. The Labute approximate surface area is 140 Å². The number of hydrogen-bond donors (Lipinski definition) is 2. The van der Waals surface area contributed by atoms with Crippen LogP contribution in [0.25, 0.3) is 0 Å². The molecular formula is C15H20N4O4S. The van der Waals surface area contributed by atoms with Crippen molar-refractivity contribution in [1.29, 1.82) is 0 Å². The van der Waals surface area contributed by atoms with Crippen molar-refractivity contribution in [2.45, 2.75) is 31.9 Å². The van der Waals surface area contributed by atoms with Gasteiger partial charge in [-0.05, 0) is 18.4 Å². The monoisotopic (exact) mass is 352 g/mol. The number of ether oxygens (including phenoxy) is 1. The van der Waals surface area contributed by atoms with Gasteiger partial charge in [0, 0.05) is 26.1 Å². The standard InChI is InChI=1S/C15H20N4O4S/c20-24(21,17-11-12-5-2-1-3-6-12)16-9-8-14-18-15(23-19-14)13-7-4-10-22-13/h1-3,5-6,13,16-17H,4,7-11H2/t13-/m0/s1. The zero-order valence-electron chi connectivity index (χ0n) is 13.1. The van der Waals surface area contributed by atoms with Crippen LogP contribution in [-0.4, -0.2) is 31.7 Å². The van der Waals surface area contributed by atoms with E-state index < -0.39 is 10.2 Å². The number of nitrogens with one attached hydrogen (secondary N) is 2. The van der Waals surface area contributed by atoms with Gasteiger partial charge in [-0.25, -0.2) is 4.72 Å². The van der Waals surface area contributed by atoms with Gasteiger partial charge in [0.2, 0.25) is 0 Å². The Hall–Kier alpha value is -1.81. The average Bonchev–Trinajstić information content (AvgIpc) is 3.25.